The lowest BCUT2D eigenvalue weighted by molar-refractivity contribution is -0.115. The number of benzene rings is 2. The van der Waals surface area contributed by atoms with Crippen LogP contribution in [0, 0.1) is 0 Å². The van der Waals surface area contributed by atoms with Crippen LogP contribution in [-0.4, -0.2) is 22.9 Å². The molecule has 1 heterocycles. The van der Waals surface area contributed by atoms with E-state index in [0.29, 0.717) is 5.70 Å². The highest BCUT2D eigenvalue weighted by molar-refractivity contribution is 6.16. The van der Waals surface area contributed by atoms with Crippen molar-refractivity contribution in [1.82, 2.24) is 10.6 Å². The van der Waals surface area contributed by atoms with E-state index in [1.807, 2.05) is 30.3 Å². The number of carboxylic acids is 1. The molecular weight excluding hydrogens is 294 g/mol. The van der Waals surface area contributed by atoms with E-state index in [4.69, 9.17) is 5.11 Å². The molecule has 0 spiro atoms. The molecule has 114 valence electrons. The molecule has 2 aromatic carbocycles. The van der Waals surface area contributed by atoms with Crippen molar-refractivity contribution in [2.24, 2.45) is 4.99 Å². The molecular formula is C17H13N3O3. The number of hydrogen-bond acceptors (Lipinski definition) is 3. The number of para-hydroxylation sites is 1. The molecule has 2 aromatic rings. The summed E-state index contributed by atoms with van der Waals surface area (Å²) in [6, 6.07) is 15.7. The summed E-state index contributed by atoms with van der Waals surface area (Å²) in [5.41, 5.74) is 1.56. The number of amides is 1. The molecule has 0 aliphatic carbocycles. The number of aromatic carboxylic acids is 1. The summed E-state index contributed by atoms with van der Waals surface area (Å²) >= 11 is 0. The Labute approximate surface area is 132 Å². The van der Waals surface area contributed by atoms with Crippen molar-refractivity contribution in [2.75, 3.05) is 0 Å². The summed E-state index contributed by atoms with van der Waals surface area (Å²) in [5, 5.41) is 14.6. The number of guanidine groups is 1. The minimum absolute atomic E-state index is 0.0662. The average Bonchev–Trinajstić information content (AvgIpc) is 2.88. The molecule has 0 saturated carbocycles. The summed E-state index contributed by atoms with van der Waals surface area (Å²) in [6.45, 7) is 0. The zero-order chi connectivity index (χ0) is 16.2. The third kappa shape index (κ3) is 3.26. The van der Waals surface area contributed by atoms with E-state index in [-0.39, 0.29) is 23.1 Å². The highest BCUT2D eigenvalue weighted by atomic mass is 16.4. The highest BCUT2D eigenvalue weighted by Crippen LogP contribution is 2.19. The van der Waals surface area contributed by atoms with E-state index in [1.165, 1.54) is 6.07 Å². The Morgan fingerprint density at radius 3 is 2.43 bits per heavy atom. The number of carbonyl (C=O) groups excluding carboxylic acids is 1. The number of nitrogens with one attached hydrogen (secondary N) is 2. The van der Waals surface area contributed by atoms with Crippen LogP contribution in [0.25, 0.3) is 6.08 Å². The molecule has 1 aliphatic rings. The van der Waals surface area contributed by atoms with Gasteiger partial charge in [0.1, 0.15) is 5.70 Å². The van der Waals surface area contributed by atoms with Crippen LogP contribution in [0.3, 0.4) is 0 Å². The van der Waals surface area contributed by atoms with Gasteiger partial charge in [0.05, 0.1) is 11.3 Å². The maximum Gasteiger partial charge on any atom is 0.337 e. The van der Waals surface area contributed by atoms with Crippen molar-refractivity contribution in [2.45, 2.75) is 0 Å². The van der Waals surface area contributed by atoms with Gasteiger partial charge in [0.15, 0.2) is 0 Å². The number of hydrogen-bond donors (Lipinski definition) is 3. The lowest BCUT2D eigenvalue weighted by Gasteiger charge is -2.02. The minimum atomic E-state index is -1.07. The van der Waals surface area contributed by atoms with Crippen molar-refractivity contribution in [3.63, 3.8) is 0 Å². The first-order chi connectivity index (χ1) is 11.1. The first-order valence-electron chi connectivity index (χ1n) is 6.89. The molecule has 1 amide bonds. The number of nitrogens with zero attached hydrogens (tertiary/aromatic N) is 1. The number of rotatable bonds is 3. The van der Waals surface area contributed by atoms with E-state index in [1.54, 1.807) is 24.3 Å². The van der Waals surface area contributed by atoms with Gasteiger partial charge in [-0.05, 0) is 23.8 Å². The van der Waals surface area contributed by atoms with Crippen LogP contribution in [0.5, 0.6) is 0 Å². The monoisotopic (exact) mass is 307 g/mol. The second kappa shape index (κ2) is 6.15. The van der Waals surface area contributed by atoms with Crippen LogP contribution in [-0.2, 0) is 4.79 Å². The molecule has 0 unspecified atom stereocenters. The van der Waals surface area contributed by atoms with Crippen LogP contribution >= 0.6 is 0 Å². The summed E-state index contributed by atoms with van der Waals surface area (Å²) in [6.07, 6.45) is 1.70. The van der Waals surface area contributed by atoms with Gasteiger partial charge in [-0.25, -0.2) is 9.79 Å². The first-order valence-corrected chi connectivity index (χ1v) is 6.89. The van der Waals surface area contributed by atoms with Crippen molar-refractivity contribution < 1.29 is 14.7 Å². The zero-order valence-corrected chi connectivity index (χ0v) is 12.0. The molecule has 1 aliphatic heterocycles. The Bertz CT molecular complexity index is 826. The van der Waals surface area contributed by atoms with Gasteiger partial charge < -0.3 is 10.4 Å². The van der Waals surface area contributed by atoms with Gasteiger partial charge in [0, 0.05) is 0 Å². The quantitative estimate of drug-likeness (QED) is 0.758. The first kappa shape index (κ1) is 14.5. The largest absolute Gasteiger partial charge is 0.478 e. The second-order valence-electron chi connectivity index (χ2n) is 4.83. The van der Waals surface area contributed by atoms with Gasteiger partial charge in [-0.15, -0.1) is 0 Å². The summed E-state index contributed by atoms with van der Waals surface area (Å²) in [5.74, 6) is -1.19. The third-order valence-corrected chi connectivity index (χ3v) is 3.21. The normalized spacial score (nSPS) is 17.1. The average molecular weight is 307 g/mol. The van der Waals surface area contributed by atoms with Crippen molar-refractivity contribution in [3.8, 4) is 0 Å². The van der Waals surface area contributed by atoms with Gasteiger partial charge in [0.2, 0.25) is 5.96 Å². The van der Waals surface area contributed by atoms with Crippen molar-refractivity contribution in [1.29, 1.82) is 0 Å². The molecule has 1 saturated heterocycles. The minimum Gasteiger partial charge on any atom is -0.478 e. The lowest BCUT2D eigenvalue weighted by Crippen LogP contribution is -2.24. The van der Waals surface area contributed by atoms with E-state index >= 15 is 0 Å². The van der Waals surface area contributed by atoms with E-state index in [9.17, 15) is 9.59 Å². The van der Waals surface area contributed by atoms with Crippen LogP contribution < -0.4 is 10.6 Å². The van der Waals surface area contributed by atoms with Crippen LogP contribution in [0.4, 0.5) is 5.69 Å². The van der Waals surface area contributed by atoms with Gasteiger partial charge in [-0.1, -0.05) is 42.5 Å². The molecule has 6 nitrogen and oxygen atoms in total. The third-order valence-electron chi connectivity index (χ3n) is 3.21. The molecule has 0 aromatic heterocycles. The van der Waals surface area contributed by atoms with Crippen LogP contribution in [0.1, 0.15) is 15.9 Å². The maximum atomic E-state index is 12.0. The molecule has 3 N–H and O–H groups in total. The SMILES string of the molecule is O=C1NC(=Nc2ccccc2C(=O)O)NC1=Cc1ccccc1. The highest BCUT2D eigenvalue weighted by Gasteiger charge is 2.22. The van der Waals surface area contributed by atoms with Gasteiger partial charge in [-0.3, -0.25) is 10.1 Å². The summed E-state index contributed by atoms with van der Waals surface area (Å²) in [4.78, 5) is 27.3. The fourth-order valence-corrected chi connectivity index (χ4v) is 2.14. The van der Waals surface area contributed by atoms with Crippen molar-refractivity contribution in [3.05, 3.63) is 71.4 Å². The van der Waals surface area contributed by atoms with E-state index < -0.39 is 5.97 Å². The molecule has 1 fully saturated rings. The predicted molar refractivity (Wildman–Crippen MR) is 86.2 cm³/mol. The van der Waals surface area contributed by atoms with Gasteiger partial charge in [0.25, 0.3) is 5.91 Å². The fraction of sp³-hybridized carbons (Fsp3) is 0. The topological polar surface area (TPSA) is 90.8 Å². The smallest absolute Gasteiger partial charge is 0.337 e. The molecule has 6 heteroatoms. The standard InChI is InChI=1S/C17H13N3O3/c21-15-14(10-11-6-2-1-3-7-11)19-17(20-15)18-13-9-5-4-8-12(13)16(22)23/h1-10H,(H,22,23)(H2,18,19,20,21). The Morgan fingerprint density at radius 1 is 1.00 bits per heavy atom. The Morgan fingerprint density at radius 2 is 1.70 bits per heavy atom. The molecule has 0 radical (unpaired) electrons. The lowest BCUT2D eigenvalue weighted by atomic mass is 10.2. The van der Waals surface area contributed by atoms with Crippen molar-refractivity contribution >= 4 is 29.6 Å². The van der Waals surface area contributed by atoms with Crippen LogP contribution in [0.2, 0.25) is 0 Å². The summed E-state index contributed by atoms with van der Waals surface area (Å²) in [7, 11) is 0. The Balaban J connectivity index is 1.88. The number of carboxylic acid groups (broad SMARTS) is 1. The molecule has 23 heavy (non-hydrogen) atoms. The van der Waals surface area contributed by atoms with Gasteiger partial charge in [-0.2, -0.15) is 0 Å². The number of carbonyl (C=O) groups is 2. The molecule has 0 atom stereocenters. The van der Waals surface area contributed by atoms with E-state index in [0.717, 1.165) is 5.56 Å². The summed E-state index contributed by atoms with van der Waals surface area (Å²) < 4.78 is 0. The second-order valence-corrected chi connectivity index (χ2v) is 4.83. The van der Waals surface area contributed by atoms with E-state index in [2.05, 4.69) is 15.6 Å². The number of aliphatic imine (C=N–C) groups is 1. The molecule has 3 rings (SSSR count). The van der Waals surface area contributed by atoms with Crippen LogP contribution in [0.15, 0.2) is 65.3 Å². The van der Waals surface area contributed by atoms with Gasteiger partial charge >= 0.3 is 5.97 Å². The zero-order valence-electron chi connectivity index (χ0n) is 12.0. The Hall–Kier alpha value is -3.41. The molecule has 0 bridgehead atoms. The Kier molecular flexibility index (Phi) is 3.88. The predicted octanol–water partition coefficient (Wildman–Crippen LogP) is 2.13. The maximum absolute atomic E-state index is 12.0. The fourth-order valence-electron chi connectivity index (χ4n) is 2.14.